The van der Waals surface area contributed by atoms with E-state index < -0.39 is 0 Å². The van der Waals surface area contributed by atoms with Crippen molar-refractivity contribution < 1.29 is 4.74 Å². The molecule has 2 N–H and O–H groups in total. The molecule has 2 saturated heterocycles. The number of ether oxygens (including phenoxy) is 1. The fraction of sp³-hybridized carbons (Fsp3) is 1.00. The molecule has 0 aromatic heterocycles. The average Bonchev–Trinajstić information content (AvgIpc) is 3.18. The number of fused-ring (bicyclic) bond motifs is 1. The molecule has 0 aromatic rings. The van der Waals surface area contributed by atoms with Gasteiger partial charge in [0.1, 0.15) is 0 Å². The van der Waals surface area contributed by atoms with E-state index in [1.165, 1.54) is 51.6 Å². The first-order valence-corrected chi connectivity index (χ1v) is 8.47. The number of hydrogen-bond donors (Lipinski definition) is 1. The second-order valence-corrected chi connectivity index (χ2v) is 7.15. The Bertz CT molecular complexity index is 321. The molecule has 116 valence electrons. The molecule has 0 amide bonds. The Kier molecular flexibility index (Phi) is 4.65. The SMILES string of the molecule is CN(CCOCC1CC1)C1(CN)CCN2CCCC2C1. The Morgan fingerprint density at radius 2 is 2.15 bits per heavy atom. The van der Waals surface area contributed by atoms with E-state index in [1.54, 1.807) is 0 Å². The van der Waals surface area contributed by atoms with Crippen LogP contribution >= 0.6 is 0 Å². The van der Waals surface area contributed by atoms with Gasteiger partial charge in [-0.2, -0.15) is 0 Å². The zero-order valence-corrected chi connectivity index (χ0v) is 13.0. The number of nitrogens with two attached hydrogens (primary N) is 1. The molecule has 3 fully saturated rings. The molecule has 1 aliphatic carbocycles. The molecule has 20 heavy (non-hydrogen) atoms. The smallest absolute Gasteiger partial charge is 0.0593 e. The van der Waals surface area contributed by atoms with Gasteiger partial charge in [0.05, 0.1) is 6.61 Å². The Morgan fingerprint density at radius 1 is 1.30 bits per heavy atom. The van der Waals surface area contributed by atoms with Crippen LogP contribution < -0.4 is 5.73 Å². The maximum Gasteiger partial charge on any atom is 0.0593 e. The number of piperidine rings is 1. The van der Waals surface area contributed by atoms with Crippen LogP contribution in [0, 0.1) is 5.92 Å². The third-order valence-electron chi connectivity index (χ3n) is 5.79. The van der Waals surface area contributed by atoms with Crippen molar-refractivity contribution in [1.82, 2.24) is 9.80 Å². The second-order valence-electron chi connectivity index (χ2n) is 7.15. The lowest BCUT2D eigenvalue weighted by atomic mass is 9.82. The van der Waals surface area contributed by atoms with Gasteiger partial charge in [0.2, 0.25) is 0 Å². The second kappa shape index (κ2) is 6.30. The van der Waals surface area contributed by atoms with Crippen molar-refractivity contribution in [2.75, 3.05) is 46.4 Å². The number of nitrogens with zero attached hydrogens (tertiary/aromatic N) is 2. The van der Waals surface area contributed by atoms with Gasteiger partial charge in [-0.1, -0.05) is 0 Å². The van der Waals surface area contributed by atoms with Crippen LogP contribution in [-0.2, 0) is 4.74 Å². The van der Waals surface area contributed by atoms with Crippen molar-refractivity contribution in [3.05, 3.63) is 0 Å². The van der Waals surface area contributed by atoms with Crippen LogP contribution in [0.25, 0.3) is 0 Å². The highest BCUT2D eigenvalue weighted by Crippen LogP contribution is 2.35. The summed E-state index contributed by atoms with van der Waals surface area (Å²) in [5.74, 6) is 0.866. The zero-order valence-electron chi connectivity index (χ0n) is 13.0. The fourth-order valence-electron chi connectivity index (χ4n) is 3.97. The molecule has 0 radical (unpaired) electrons. The lowest BCUT2D eigenvalue weighted by Crippen LogP contribution is -2.60. The van der Waals surface area contributed by atoms with Crippen molar-refractivity contribution in [3.8, 4) is 0 Å². The molecule has 3 rings (SSSR count). The summed E-state index contributed by atoms with van der Waals surface area (Å²) in [4.78, 5) is 5.17. The quantitative estimate of drug-likeness (QED) is 0.714. The first-order chi connectivity index (χ1) is 9.73. The molecule has 1 saturated carbocycles. The largest absolute Gasteiger partial charge is 0.380 e. The van der Waals surface area contributed by atoms with Gasteiger partial charge >= 0.3 is 0 Å². The van der Waals surface area contributed by atoms with E-state index >= 15 is 0 Å². The van der Waals surface area contributed by atoms with Crippen LogP contribution in [0.4, 0.5) is 0 Å². The summed E-state index contributed by atoms with van der Waals surface area (Å²) in [6.07, 6.45) is 7.97. The summed E-state index contributed by atoms with van der Waals surface area (Å²) in [6, 6.07) is 0.780. The molecule has 0 aromatic carbocycles. The van der Waals surface area contributed by atoms with Crippen molar-refractivity contribution in [1.29, 1.82) is 0 Å². The van der Waals surface area contributed by atoms with E-state index in [-0.39, 0.29) is 5.54 Å². The number of rotatable bonds is 7. The predicted octanol–water partition coefficient (Wildman–Crippen LogP) is 1.30. The molecular weight excluding hydrogens is 250 g/mol. The fourth-order valence-corrected chi connectivity index (χ4v) is 3.97. The van der Waals surface area contributed by atoms with Crippen molar-refractivity contribution in [3.63, 3.8) is 0 Å². The molecule has 0 spiro atoms. The van der Waals surface area contributed by atoms with Gasteiger partial charge in [-0.25, -0.2) is 0 Å². The summed E-state index contributed by atoms with van der Waals surface area (Å²) in [7, 11) is 2.25. The van der Waals surface area contributed by atoms with E-state index in [0.29, 0.717) is 0 Å². The Morgan fingerprint density at radius 3 is 2.90 bits per heavy atom. The Hall–Kier alpha value is -0.160. The first-order valence-electron chi connectivity index (χ1n) is 8.47. The van der Waals surface area contributed by atoms with Crippen LogP contribution in [0.15, 0.2) is 0 Å². The van der Waals surface area contributed by atoms with E-state index in [1.807, 2.05) is 0 Å². The van der Waals surface area contributed by atoms with Crippen LogP contribution in [0.2, 0.25) is 0 Å². The van der Waals surface area contributed by atoms with E-state index in [9.17, 15) is 0 Å². The van der Waals surface area contributed by atoms with E-state index in [4.69, 9.17) is 10.5 Å². The molecule has 2 aliphatic heterocycles. The summed E-state index contributed by atoms with van der Waals surface area (Å²) < 4.78 is 5.80. The van der Waals surface area contributed by atoms with Gasteiger partial charge in [-0.15, -0.1) is 0 Å². The maximum absolute atomic E-state index is 6.18. The van der Waals surface area contributed by atoms with Crippen LogP contribution in [0.1, 0.15) is 38.5 Å². The topological polar surface area (TPSA) is 41.7 Å². The Balaban J connectivity index is 1.48. The predicted molar refractivity (Wildman–Crippen MR) is 81.8 cm³/mol. The average molecular weight is 281 g/mol. The lowest BCUT2D eigenvalue weighted by Gasteiger charge is -2.49. The van der Waals surface area contributed by atoms with Crippen molar-refractivity contribution in [2.24, 2.45) is 11.7 Å². The molecule has 4 heteroatoms. The molecule has 2 heterocycles. The standard InChI is InChI=1S/C16H31N3O/c1-18(9-10-20-12-14-4-5-14)16(13-17)6-8-19-7-2-3-15(19)11-16/h14-15H,2-13,17H2,1H3. The minimum atomic E-state index is 0.217. The minimum absolute atomic E-state index is 0.217. The monoisotopic (exact) mass is 281 g/mol. The van der Waals surface area contributed by atoms with Gasteiger partial charge in [0.25, 0.3) is 0 Å². The van der Waals surface area contributed by atoms with Crippen LogP contribution in [-0.4, -0.2) is 67.8 Å². The van der Waals surface area contributed by atoms with Gasteiger partial charge in [-0.3, -0.25) is 4.90 Å². The third-order valence-corrected chi connectivity index (χ3v) is 5.79. The molecular formula is C16H31N3O. The van der Waals surface area contributed by atoms with Crippen LogP contribution in [0.3, 0.4) is 0 Å². The summed E-state index contributed by atoms with van der Waals surface area (Å²) in [5, 5.41) is 0. The normalized spacial score (nSPS) is 34.6. The highest BCUT2D eigenvalue weighted by molar-refractivity contribution is 5.01. The van der Waals surface area contributed by atoms with Gasteiger partial charge in [-0.05, 0) is 58.0 Å². The molecule has 3 aliphatic rings. The number of likely N-dealkylation sites (N-methyl/N-ethyl adjacent to an activating group) is 1. The van der Waals surface area contributed by atoms with E-state index in [0.717, 1.165) is 38.3 Å². The van der Waals surface area contributed by atoms with Gasteiger partial charge in [0.15, 0.2) is 0 Å². The van der Waals surface area contributed by atoms with Gasteiger partial charge in [0, 0.05) is 37.8 Å². The summed E-state index contributed by atoms with van der Waals surface area (Å²) in [6.45, 7) is 6.19. The number of hydrogen-bond acceptors (Lipinski definition) is 4. The van der Waals surface area contributed by atoms with Crippen molar-refractivity contribution in [2.45, 2.75) is 50.1 Å². The van der Waals surface area contributed by atoms with E-state index in [2.05, 4.69) is 16.8 Å². The van der Waals surface area contributed by atoms with Crippen LogP contribution in [0.5, 0.6) is 0 Å². The zero-order chi connectivity index (χ0) is 14.0. The molecule has 2 atom stereocenters. The minimum Gasteiger partial charge on any atom is -0.380 e. The van der Waals surface area contributed by atoms with Gasteiger partial charge < -0.3 is 15.4 Å². The lowest BCUT2D eigenvalue weighted by molar-refractivity contribution is 0.00647. The molecule has 0 bridgehead atoms. The highest BCUT2D eigenvalue weighted by atomic mass is 16.5. The molecule has 4 nitrogen and oxygen atoms in total. The first kappa shape index (κ1) is 14.8. The maximum atomic E-state index is 6.18. The third kappa shape index (κ3) is 3.19. The Labute approximate surface area is 123 Å². The summed E-state index contributed by atoms with van der Waals surface area (Å²) >= 11 is 0. The van der Waals surface area contributed by atoms with Crippen molar-refractivity contribution >= 4 is 0 Å². The highest BCUT2D eigenvalue weighted by Gasteiger charge is 2.42. The summed E-state index contributed by atoms with van der Waals surface area (Å²) in [5.41, 5.74) is 6.40. The molecule has 2 unspecified atom stereocenters.